The first-order valence-corrected chi connectivity index (χ1v) is 8.65. The molecule has 0 unspecified atom stereocenters. The van der Waals surface area contributed by atoms with Crippen LogP contribution in [0.25, 0.3) is 0 Å². The number of carbonyl (C=O) groups is 3. The predicted molar refractivity (Wildman–Crippen MR) is 106 cm³/mol. The van der Waals surface area contributed by atoms with Crippen molar-refractivity contribution in [3.05, 3.63) is 88.5 Å². The molecule has 3 aromatic carbocycles. The lowest BCUT2D eigenvalue weighted by Crippen LogP contribution is -2.23. The van der Waals surface area contributed by atoms with Gasteiger partial charge in [0.2, 0.25) is 0 Å². The highest BCUT2D eigenvalue weighted by Crippen LogP contribution is 2.37. The van der Waals surface area contributed by atoms with E-state index in [1.54, 1.807) is 61.6 Å². The van der Waals surface area contributed by atoms with Gasteiger partial charge in [0.15, 0.2) is 11.6 Å². The molecule has 0 spiro atoms. The Morgan fingerprint density at radius 1 is 0.750 bits per heavy atom. The van der Waals surface area contributed by atoms with Gasteiger partial charge < -0.3 is 15.7 Å². The van der Waals surface area contributed by atoms with Crippen LogP contribution in [-0.2, 0) is 0 Å². The van der Waals surface area contributed by atoms with Crippen LogP contribution in [0.3, 0.4) is 0 Å². The van der Waals surface area contributed by atoms with Crippen molar-refractivity contribution in [1.82, 2.24) is 0 Å². The molecule has 0 bridgehead atoms. The van der Waals surface area contributed by atoms with Crippen molar-refractivity contribution < 1.29 is 19.5 Å². The Bertz CT molecular complexity index is 1150. The van der Waals surface area contributed by atoms with Crippen LogP contribution >= 0.6 is 0 Å². The molecule has 0 saturated carbocycles. The van der Waals surface area contributed by atoms with Crippen LogP contribution in [0.5, 0.6) is 0 Å². The summed E-state index contributed by atoms with van der Waals surface area (Å²) in [7, 11) is 1.68. The first-order chi connectivity index (χ1) is 13.5. The molecule has 0 aliphatic heterocycles. The SMILES string of the molecule is CNc1ccc(Nc2ccccc2C(=O)O)c2c1C(=O)c1ccccc1C2=O. The molecule has 0 atom stereocenters. The summed E-state index contributed by atoms with van der Waals surface area (Å²) in [5.74, 6) is -1.61. The minimum absolute atomic E-state index is 0.0731. The molecule has 138 valence electrons. The van der Waals surface area contributed by atoms with E-state index in [-0.39, 0.29) is 28.3 Å². The number of aromatic carboxylic acids is 1. The van der Waals surface area contributed by atoms with E-state index in [2.05, 4.69) is 10.6 Å². The highest BCUT2D eigenvalue weighted by Gasteiger charge is 2.33. The topological polar surface area (TPSA) is 95.5 Å². The molecule has 0 amide bonds. The zero-order chi connectivity index (χ0) is 19.8. The minimum atomic E-state index is -1.09. The maximum atomic E-state index is 13.2. The van der Waals surface area contributed by atoms with E-state index in [0.29, 0.717) is 28.2 Å². The largest absolute Gasteiger partial charge is 0.478 e. The molecule has 0 fully saturated rings. The van der Waals surface area contributed by atoms with E-state index in [4.69, 9.17) is 0 Å². The lowest BCUT2D eigenvalue weighted by molar-refractivity contribution is 0.0697. The number of ketones is 2. The van der Waals surface area contributed by atoms with Gasteiger partial charge in [-0.15, -0.1) is 0 Å². The van der Waals surface area contributed by atoms with Gasteiger partial charge in [-0.2, -0.15) is 0 Å². The van der Waals surface area contributed by atoms with Gasteiger partial charge in [0.1, 0.15) is 0 Å². The zero-order valence-electron chi connectivity index (χ0n) is 14.9. The predicted octanol–water partition coefficient (Wildman–Crippen LogP) is 3.95. The van der Waals surface area contributed by atoms with Gasteiger partial charge in [-0.25, -0.2) is 4.79 Å². The molecule has 0 aromatic heterocycles. The van der Waals surface area contributed by atoms with Crippen LogP contribution in [0.4, 0.5) is 17.1 Å². The summed E-state index contributed by atoms with van der Waals surface area (Å²) in [6.07, 6.45) is 0. The van der Waals surface area contributed by atoms with Gasteiger partial charge >= 0.3 is 5.97 Å². The van der Waals surface area contributed by atoms with E-state index in [0.717, 1.165) is 0 Å². The van der Waals surface area contributed by atoms with Crippen molar-refractivity contribution in [2.45, 2.75) is 0 Å². The van der Waals surface area contributed by atoms with E-state index in [1.807, 2.05) is 0 Å². The fourth-order valence-electron chi connectivity index (χ4n) is 3.46. The molecular weight excluding hydrogens is 356 g/mol. The number of anilines is 3. The lowest BCUT2D eigenvalue weighted by Gasteiger charge is -2.23. The number of benzene rings is 3. The number of carbonyl (C=O) groups excluding carboxylic acids is 2. The fraction of sp³-hybridized carbons (Fsp3) is 0.0455. The highest BCUT2D eigenvalue weighted by molar-refractivity contribution is 6.32. The number of hydrogen-bond donors (Lipinski definition) is 3. The van der Waals surface area contributed by atoms with E-state index >= 15 is 0 Å². The second kappa shape index (κ2) is 6.66. The smallest absolute Gasteiger partial charge is 0.337 e. The van der Waals surface area contributed by atoms with Crippen LogP contribution < -0.4 is 10.6 Å². The second-order valence-corrected chi connectivity index (χ2v) is 6.34. The molecular formula is C22H16N2O4. The Kier molecular flexibility index (Phi) is 4.16. The van der Waals surface area contributed by atoms with E-state index in [9.17, 15) is 19.5 Å². The summed E-state index contributed by atoms with van der Waals surface area (Å²) in [5, 5.41) is 15.4. The van der Waals surface area contributed by atoms with E-state index in [1.165, 1.54) is 6.07 Å². The van der Waals surface area contributed by atoms with Crippen LogP contribution in [0.1, 0.15) is 42.2 Å². The Morgan fingerprint density at radius 2 is 1.29 bits per heavy atom. The Morgan fingerprint density at radius 3 is 1.89 bits per heavy atom. The molecule has 0 radical (unpaired) electrons. The molecule has 6 nitrogen and oxygen atoms in total. The number of para-hydroxylation sites is 1. The second-order valence-electron chi connectivity index (χ2n) is 6.34. The monoisotopic (exact) mass is 372 g/mol. The lowest BCUT2D eigenvalue weighted by atomic mass is 9.82. The van der Waals surface area contributed by atoms with Crippen molar-refractivity contribution >= 4 is 34.6 Å². The van der Waals surface area contributed by atoms with Crippen molar-refractivity contribution in [2.24, 2.45) is 0 Å². The summed E-state index contributed by atoms with van der Waals surface area (Å²) < 4.78 is 0. The first kappa shape index (κ1) is 17.5. The molecule has 0 saturated heterocycles. The number of hydrogen-bond acceptors (Lipinski definition) is 5. The van der Waals surface area contributed by atoms with Gasteiger partial charge in [0.25, 0.3) is 0 Å². The molecule has 3 N–H and O–H groups in total. The summed E-state index contributed by atoms with van der Waals surface area (Å²) in [5.41, 5.74) is 2.55. The van der Waals surface area contributed by atoms with Gasteiger partial charge in [-0.05, 0) is 24.3 Å². The molecule has 28 heavy (non-hydrogen) atoms. The number of rotatable bonds is 4. The molecule has 6 heteroatoms. The maximum absolute atomic E-state index is 13.2. The van der Waals surface area contributed by atoms with Crippen LogP contribution in [-0.4, -0.2) is 29.7 Å². The summed E-state index contributed by atoms with van der Waals surface area (Å²) in [6.45, 7) is 0. The van der Waals surface area contributed by atoms with Gasteiger partial charge in [0.05, 0.1) is 28.1 Å². The standard InChI is InChI=1S/C22H16N2O4/c1-23-16-10-11-17(24-15-9-5-4-8-14(15)22(27)28)19-18(16)20(25)12-6-2-3-7-13(12)21(19)26/h2-11,23-24H,1H3,(H,27,28). The molecule has 1 aliphatic carbocycles. The van der Waals surface area contributed by atoms with Crippen molar-refractivity contribution in [3.63, 3.8) is 0 Å². The van der Waals surface area contributed by atoms with Crippen LogP contribution in [0.2, 0.25) is 0 Å². The maximum Gasteiger partial charge on any atom is 0.337 e. The van der Waals surface area contributed by atoms with Gasteiger partial charge in [-0.3, -0.25) is 9.59 Å². The molecule has 3 aromatic rings. The van der Waals surface area contributed by atoms with Crippen molar-refractivity contribution in [1.29, 1.82) is 0 Å². The third-order valence-electron chi connectivity index (χ3n) is 4.77. The van der Waals surface area contributed by atoms with Crippen molar-refractivity contribution in [3.8, 4) is 0 Å². The van der Waals surface area contributed by atoms with Gasteiger partial charge in [-0.1, -0.05) is 36.4 Å². The number of carboxylic acids is 1. The average molecular weight is 372 g/mol. The molecule has 0 heterocycles. The number of fused-ring (bicyclic) bond motifs is 2. The highest BCUT2D eigenvalue weighted by atomic mass is 16.4. The summed E-state index contributed by atoms with van der Waals surface area (Å²) >= 11 is 0. The molecule has 4 rings (SSSR count). The third-order valence-corrected chi connectivity index (χ3v) is 4.77. The van der Waals surface area contributed by atoms with Gasteiger partial charge in [0, 0.05) is 23.9 Å². The first-order valence-electron chi connectivity index (χ1n) is 8.65. The van der Waals surface area contributed by atoms with Crippen LogP contribution in [0, 0.1) is 0 Å². The fourth-order valence-corrected chi connectivity index (χ4v) is 3.46. The number of carboxylic acid groups (broad SMARTS) is 1. The average Bonchev–Trinajstić information content (AvgIpc) is 2.72. The van der Waals surface area contributed by atoms with Crippen LogP contribution in [0.15, 0.2) is 60.7 Å². The normalized spacial score (nSPS) is 12.2. The Balaban J connectivity index is 1.92. The Labute approximate surface area is 160 Å². The molecule has 1 aliphatic rings. The van der Waals surface area contributed by atoms with Crippen molar-refractivity contribution in [2.75, 3.05) is 17.7 Å². The summed E-state index contributed by atoms with van der Waals surface area (Å²) in [4.78, 5) is 37.8. The summed E-state index contributed by atoms with van der Waals surface area (Å²) in [6, 6.07) is 16.5. The number of nitrogens with one attached hydrogen (secondary N) is 2. The quantitative estimate of drug-likeness (QED) is 0.502. The Hall–Kier alpha value is -3.93. The minimum Gasteiger partial charge on any atom is -0.478 e. The van der Waals surface area contributed by atoms with E-state index < -0.39 is 5.97 Å². The third kappa shape index (κ3) is 2.63. The zero-order valence-corrected chi connectivity index (χ0v) is 14.9.